The monoisotopic (exact) mass is 394 g/mol. The van der Waals surface area contributed by atoms with Crippen molar-refractivity contribution in [2.24, 2.45) is 0 Å². The fourth-order valence-electron chi connectivity index (χ4n) is 3.59. The van der Waals surface area contributed by atoms with E-state index in [-0.39, 0.29) is 5.82 Å². The van der Waals surface area contributed by atoms with Gasteiger partial charge in [0.2, 0.25) is 0 Å². The van der Waals surface area contributed by atoms with Gasteiger partial charge in [0.15, 0.2) is 6.23 Å². The van der Waals surface area contributed by atoms with Crippen LogP contribution >= 0.6 is 0 Å². The summed E-state index contributed by atoms with van der Waals surface area (Å²) < 4.78 is 27.5. The highest BCUT2D eigenvalue weighted by Crippen LogP contribution is 2.40. The Morgan fingerprint density at radius 1 is 1.21 bits per heavy atom. The molecule has 0 bridgehead atoms. The Kier molecular flexibility index (Phi) is 4.60. The molecule has 1 aromatic heterocycles. The standard InChI is InChI=1S/C21H16F2N4O2/c1-12-18(14-8-6-13(10-24)7-9-14)25-26(11-17(22)23)19(12)27-20(28)15-4-2-3-5-16(15)21(27)29/h2-9,17,20,28H,11H2,1H3. The molecule has 0 aliphatic carbocycles. The number of aliphatic hydroxyl groups excluding tert-OH is 1. The molecule has 2 heterocycles. The van der Waals surface area contributed by atoms with Gasteiger partial charge in [-0.25, -0.2) is 13.5 Å². The minimum absolute atomic E-state index is 0.123. The van der Waals surface area contributed by atoms with Crippen molar-refractivity contribution in [3.63, 3.8) is 0 Å². The number of anilines is 1. The molecule has 1 aliphatic rings. The second-order valence-corrected chi connectivity index (χ2v) is 6.70. The summed E-state index contributed by atoms with van der Waals surface area (Å²) in [6.07, 6.45) is -3.99. The van der Waals surface area contributed by atoms with E-state index in [1.54, 1.807) is 55.5 Å². The smallest absolute Gasteiger partial charge is 0.262 e. The van der Waals surface area contributed by atoms with E-state index in [4.69, 9.17) is 5.26 Å². The molecular formula is C21H16F2N4O2. The van der Waals surface area contributed by atoms with E-state index >= 15 is 0 Å². The average Bonchev–Trinajstić information content (AvgIpc) is 3.15. The number of carbonyl (C=O) groups is 1. The Bertz CT molecular complexity index is 1130. The van der Waals surface area contributed by atoms with Crippen molar-refractivity contribution in [3.05, 3.63) is 70.8 Å². The van der Waals surface area contributed by atoms with Crippen LogP contribution in [0.5, 0.6) is 0 Å². The van der Waals surface area contributed by atoms with Crippen LogP contribution in [0, 0.1) is 18.3 Å². The average molecular weight is 394 g/mol. The molecule has 0 radical (unpaired) electrons. The SMILES string of the molecule is Cc1c(-c2ccc(C#N)cc2)nn(CC(F)F)c1N1C(=O)c2ccccc2C1O. The second-order valence-electron chi connectivity index (χ2n) is 6.70. The summed E-state index contributed by atoms with van der Waals surface area (Å²) in [6, 6.07) is 15.2. The van der Waals surface area contributed by atoms with Gasteiger partial charge < -0.3 is 5.11 Å². The molecule has 1 aliphatic heterocycles. The van der Waals surface area contributed by atoms with E-state index in [9.17, 15) is 18.7 Å². The van der Waals surface area contributed by atoms with Crippen LogP contribution in [0.1, 0.15) is 33.3 Å². The first-order valence-corrected chi connectivity index (χ1v) is 8.89. The van der Waals surface area contributed by atoms with E-state index in [2.05, 4.69) is 5.10 Å². The van der Waals surface area contributed by atoms with Gasteiger partial charge in [0.25, 0.3) is 12.3 Å². The zero-order chi connectivity index (χ0) is 20.7. The van der Waals surface area contributed by atoms with Gasteiger partial charge in [-0.1, -0.05) is 30.3 Å². The molecular weight excluding hydrogens is 378 g/mol. The second kappa shape index (κ2) is 7.11. The zero-order valence-electron chi connectivity index (χ0n) is 15.4. The number of carbonyl (C=O) groups excluding carboxylic acids is 1. The first kappa shape index (κ1) is 18.8. The Balaban J connectivity index is 1.85. The molecule has 0 spiro atoms. The number of alkyl halides is 2. The van der Waals surface area contributed by atoms with E-state index < -0.39 is 25.1 Å². The third-order valence-electron chi connectivity index (χ3n) is 4.92. The van der Waals surface area contributed by atoms with Crippen LogP contribution in [0.25, 0.3) is 11.3 Å². The van der Waals surface area contributed by atoms with E-state index in [1.807, 2.05) is 6.07 Å². The fourth-order valence-corrected chi connectivity index (χ4v) is 3.59. The normalized spacial score (nSPS) is 15.7. The van der Waals surface area contributed by atoms with Crippen molar-refractivity contribution >= 4 is 11.7 Å². The number of aliphatic hydroxyl groups is 1. The van der Waals surface area contributed by atoms with Gasteiger partial charge in [-0.05, 0) is 25.1 Å². The Morgan fingerprint density at radius 3 is 2.52 bits per heavy atom. The Labute approximate surface area is 165 Å². The Hall–Kier alpha value is -3.57. The number of aromatic nitrogens is 2. The molecule has 1 atom stereocenters. The predicted octanol–water partition coefficient (Wildman–Crippen LogP) is 3.65. The van der Waals surface area contributed by atoms with E-state index in [1.165, 1.54) is 0 Å². The molecule has 8 heteroatoms. The van der Waals surface area contributed by atoms with Gasteiger partial charge in [-0.15, -0.1) is 0 Å². The summed E-state index contributed by atoms with van der Waals surface area (Å²) in [7, 11) is 0. The van der Waals surface area contributed by atoms with Crippen LogP contribution in [0.2, 0.25) is 0 Å². The lowest BCUT2D eigenvalue weighted by atomic mass is 10.1. The summed E-state index contributed by atoms with van der Waals surface area (Å²) >= 11 is 0. The highest BCUT2D eigenvalue weighted by molar-refractivity contribution is 6.10. The van der Waals surface area contributed by atoms with Gasteiger partial charge in [0.05, 0.1) is 17.3 Å². The fraction of sp³-hybridized carbons (Fsp3) is 0.190. The minimum Gasteiger partial charge on any atom is -0.369 e. The third-order valence-corrected chi connectivity index (χ3v) is 4.92. The number of nitriles is 1. The van der Waals surface area contributed by atoms with Crippen molar-refractivity contribution in [2.45, 2.75) is 26.1 Å². The number of rotatable bonds is 4. The highest BCUT2D eigenvalue weighted by Gasteiger charge is 2.39. The van der Waals surface area contributed by atoms with E-state index in [0.717, 1.165) is 9.58 Å². The molecule has 146 valence electrons. The van der Waals surface area contributed by atoms with Crippen LogP contribution in [0.4, 0.5) is 14.6 Å². The molecule has 0 saturated heterocycles. The molecule has 6 nitrogen and oxygen atoms in total. The third kappa shape index (κ3) is 3.05. The van der Waals surface area contributed by atoms with Gasteiger partial charge >= 0.3 is 0 Å². The summed E-state index contributed by atoms with van der Waals surface area (Å²) in [5.74, 6) is -0.351. The minimum atomic E-state index is -2.70. The van der Waals surface area contributed by atoms with Gasteiger partial charge in [0, 0.05) is 22.3 Å². The van der Waals surface area contributed by atoms with E-state index in [0.29, 0.717) is 33.5 Å². The van der Waals surface area contributed by atoms with Gasteiger partial charge in [-0.2, -0.15) is 10.4 Å². The lowest BCUT2D eigenvalue weighted by Crippen LogP contribution is -2.31. The van der Waals surface area contributed by atoms with Crippen LogP contribution < -0.4 is 4.90 Å². The van der Waals surface area contributed by atoms with Crippen molar-refractivity contribution in [2.75, 3.05) is 4.90 Å². The molecule has 3 aromatic rings. The first-order valence-electron chi connectivity index (χ1n) is 8.89. The number of amides is 1. The van der Waals surface area contributed by atoms with Crippen molar-refractivity contribution in [3.8, 4) is 17.3 Å². The summed E-state index contributed by atoms with van der Waals surface area (Å²) in [5, 5.41) is 24.0. The van der Waals surface area contributed by atoms with Gasteiger partial charge in [0.1, 0.15) is 12.4 Å². The summed E-state index contributed by atoms with van der Waals surface area (Å²) in [6.45, 7) is 0.945. The summed E-state index contributed by atoms with van der Waals surface area (Å²) in [4.78, 5) is 14.0. The molecule has 0 fully saturated rings. The number of hydrogen-bond donors (Lipinski definition) is 1. The molecule has 2 aromatic carbocycles. The largest absolute Gasteiger partial charge is 0.369 e. The lowest BCUT2D eigenvalue weighted by molar-refractivity contribution is 0.0919. The number of hydrogen-bond acceptors (Lipinski definition) is 4. The quantitative estimate of drug-likeness (QED) is 0.732. The number of benzene rings is 2. The Morgan fingerprint density at radius 2 is 1.90 bits per heavy atom. The van der Waals surface area contributed by atoms with Crippen LogP contribution in [-0.2, 0) is 6.54 Å². The number of halogens is 2. The maximum absolute atomic E-state index is 13.2. The maximum atomic E-state index is 13.2. The topological polar surface area (TPSA) is 82.2 Å². The van der Waals surface area contributed by atoms with Crippen LogP contribution in [0.15, 0.2) is 48.5 Å². The van der Waals surface area contributed by atoms with Crippen molar-refractivity contribution < 1.29 is 18.7 Å². The highest BCUT2D eigenvalue weighted by atomic mass is 19.3. The number of nitrogens with zero attached hydrogens (tertiary/aromatic N) is 4. The summed E-state index contributed by atoms with van der Waals surface area (Å²) in [5.41, 5.74) is 2.70. The predicted molar refractivity (Wildman–Crippen MR) is 101 cm³/mol. The van der Waals surface area contributed by atoms with Gasteiger partial charge in [-0.3, -0.25) is 9.69 Å². The molecule has 1 N–H and O–H groups in total. The van der Waals surface area contributed by atoms with Crippen LogP contribution in [-0.4, -0.2) is 27.2 Å². The lowest BCUT2D eigenvalue weighted by Gasteiger charge is -2.22. The van der Waals surface area contributed by atoms with Crippen molar-refractivity contribution in [1.29, 1.82) is 5.26 Å². The molecule has 1 amide bonds. The number of fused-ring (bicyclic) bond motifs is 1. The maximum Gasteiger partial charge on any atom is 0.262 e. The zero-order valence-corrected chi connectivity index (χ0v) is 15.4. The molecule has 1 unspecified atom stereocenters. The molecule has 0 saturated carbocycles. The molecule has 4 rings (SSSR count). The molecule has 29 heavy (non-hydrogen) atoms. The van der Waals surface area contributed by atoms with Crippen molar-refractivity contribution in [1.82, 2.24) is 9.78 Å². The first-order chi connectivity index (χ1) is 13.9. The van der Waals surface area contributed by atoms with Crippen LogP contribution in [0.3, 0.4) is 0 Å².